The van der Waals surface area contributed by atoms with Gasteiger partial charge < -0.3 is 18.6 Å². The molecule has 0 bridgehead atoms. The topological polar surface area (TPSA) is 75.6 Å². The predicted octanol–water partition coefficient (Wildman–Crippen LogP) is 3.45. The number of benzene rings is 1. The lowest BCUT2D eigenvalue weighted by atomic mass is 10.2. The summed E-state index contributed by atoms with van der Waals surface area (Å²) in [5.74, 6) is 1.78. The number of furan rings is 2. The van der Waals surface area contributed by atoms with E-state index in [9.17, 15) is 4.79 Å². The van der Waals surface area contributed by atoms with E-state index in [1.54, 1.807) is 29.4 Å². The summed E-state index contributed by atoms with van der Waals surface area (Å²) in [6.45, 7) is 2.58. The Kier molecular flexibility index (Phi) is 4.05. The van der Waals surface area contributed by atoms with Gasteiger partial charge in [0.2, 0.25) is 0 Å². The first-order valence-electron chi connectivity index (χ1n) is 9.17. The zero-order chi connectivity index (χ0) is 18.9. The van der Waals surface area contributed by atoms with Crippen molar-refractivity contribution in [3.8, 4) is 11.5 Å². The molecule has 0 spiro atoms. The third-order valence-corrected chi connectivity index (χ3v) is 4.92. The van der Waals surface area contributed by atoms with Crippen LogP contribution in [0.1, 0.15) is 10.6 Å². The molecule has 0 N–H and O–H groups in total. The number of amides is 1. The Morgan fingerprint density at radius 2 is 1.86 bits per heavy atom. The number of carbonyl (C=O) groups is 1. The summed E-state index contributed by atoms with van der Waals surface area (Å²) in [7, 11) is 0. The van der Waals surface area contributed by atoms with Crippen LogP contribution in [0.4, 0.5) is 5.82 Å². The van der Waals surface area contributed by atoms with Crippen molar-refractivity contribution in [2.24, 2.45) is 0 Å². The van der Waals surface area contributed by atoms with Gasteiger partial charge in [0.25, 0.3) is 5.91 Å². The molecular weight excluding hydrogens is 356 g/mol. The Morgan fingerprint density at radius 3 is 2.64 bits per heavy atom. The van der Waals surface area contributed by atoms with Crippen molar-refractivity contribution in [1.82, 2.24) is 14.9 Å². The smallest absolute Gasteiger partial charge is 0.289 e. The van der Waals surface area contributed by atoms with E-state index in [1.165, 1.54) is 6.26 Å². The van der Waals surface area contributed by atoms with Crippen molar-refractivity contribution >= 4 is 22.7 Å². The molecule has 140 valence electrons. The second kappa shape index (κ2) is 6.84. The number of piperazine rings is 1. The average molecular weight is 374 g/mol. The van der Waals surface area contributed by atoms with E-state index in [-0.39, 0.29) is 5.91 Å². The van der Waals surface area contributed by atoms with E-state index in [4.69, 9.17) is 13.8 Å². The summed E-state index contributed by atoms with van der Waals surface area (Å²) in [6, 6.07) is 13.3. The SMILES string of the molecule is O=C(c1ccco1)N1CCN(c2cncc(-c3cc4ccccc4o3)n2)CC1. The maximum Gasteiger partial charge on any atom is 0.289 e. The molecule has 7 heteroatoms. The maximum atomic E-state index is 12.4. The van der Waals surface area contributed by atoms with E-state index in [0.29, 0.717) is 43.4 Å². The molecule has 1 aliphatic heterocycles. The van der Waals surface area contributed by atoms with E-state index in [2.05, 4.69) is 9.88 Å². The van der Waals surface area contributed by atoms with Gasteiger partial charge in [0, 0.05) is 31.6 Å². The van der Waals surface area contributed by atoms with Crippen LogP contribution < -0.4 is 4.90 Å². The molecule has 4 aromatic rings. The van der Waals surface area contributed by atoms with Gasteiger partial charge in [-0.05, 0) is 24.3 Å². The highest BCUT2D eigenvalue weighted by Gasteiger charge is 2.24. The minimum Gasteiger partial charge on any atom is -0.459 e. The number of fused-ring (bicyclic) bond motifs is 1. The van der Waals surface area contributed by atoms with Crippen molar-refractivity contribution in [2.45, 2.75) is 0 Å². The predicted molar refractivity (Wildman–Crippen MR) is 104 cm³/mol. The molecule has 1 aliphatic rings. The lowest BCUT2D eigenvalue weighted by Gasteiger charge is -2.34. The van der Waals surface area contributed by atoms with E-state index in [0.717, 1.165) is 16.8 Å². The molecule has 3 aromatic heterocycles. The van der Waals surface area contributed by atoms with Crippen LogP contribution in [-0.2, 0) is 0 Å². The summed E-state index contributed by atoms with van der Waals surface area (Å²) >= 11 is 0. The molecule has 5 rings (SSSR count). The molecule has 28 heavy (non-hydrogen) atoms. The second-order valence-electron chi connectivity index (χ2n) is 6.67. The largest absolute Gasteiger partial charge is 0.459 e. The van der Waals surface area contributed by atoms with Crippen LogP contribution in [0.25, 0.3) is 22.4 Å². The summed E-state index contributed by atoms with van der Waals surface area (Å²) in [6.07, 6.45) is 4.97. The highest BCUT2D eigenvalue weighted by molar-refractivity contribution is 5.91. The van der Waals surface area contributed by atoms with Gasteiger partial charge in [0.1, 0.15) is 17.1 Å². The van der Waals surface area contributed by atoms with E-state index in [1.807, 2.05) is 30.3 Å². The molecule has 7 nitrogen and oxygen atoms in total. The number of hydrogen-bond donors (Lipinski definition) is 0. The Balaban J connectivity index is 1.32. The normalized spacial score (nSPS) is 14.6. The number of aromatic nitrogens is 2. The van der Waals surface area contributed by atoms with Crippen molar-refractivity contribution in [2.75, 3.05) is 31.1 Å². The van der Waals surface area contributed by atoms with Gasteiger partial charge in [-0.15, -0.1) is 0 Å². The zero-order valence-electron chi connectivity index (χ0n) is 15.1. The number of nitrogens with zero attached hydrogens (tertiary/aromatic N) is 4. The van der Waals surface area contributed by atoms with Gasteiger partial charge >= 0.3 is 0 Å². The lowest BCUT2D eigenvalue weighted by Crippen LogP contribution is -2.49. The molecule has 1 saturated heterocycles. The molecule has 0 atom stereocenters. The maximum absolute atomic E-state index is 12.4. The number of para-hydroxylation sites is 1. The third kappa shape index (κ3) is 3.00. The monoisotopic (exact) mass is 374 g/mol. The molecule has 1 amide bonds. The van der Waals surface area contributed by atoms with Crippen LogP contribution >= 0.6 is 0 Å². The molecular formula is C21H18N4O3. The van der Waals surface area contributed by atoms with E-state index < -0.39 is 0 Å². The van der Waals surface area contributed by atoms with Crippen LogP contribution in [0.5, 0.6) is 0 Å². The van der Waals surface area contributed by atoms with Crippen molar-refractivity contribution in [3.63, 3.8) is 0 Å². The minimum atomic E-state index is -0.0771. The Labute approximate surface area is 161 Å². The van der Waals surface area contributed by atoms with Gasteiger partial charge in [-0.3, -0.25) is 9.78 Å². The summed E-state index contributed by atoms with van der Waals surface area (Å²) < 4.78 is 11.1. The van der Waals surface area contributed by atoms with Crippen molar-refractivity contribution in [3.05, 3.63) is 66.9 Å². The molecule has 0 aliphatic carbocycles. The second-order valence-corrected chi connectivity index (χ2v) is 6.67. The van der Waals surface area contributed by atoms with Gasteiger partial charge in [0.15, 0.2) is 11.5 Å². The molecule has 0 saturated carbocycles. The van der Waals surface area contributed by atoms with Crippen LogP contribution in [0.15, 0.2) is 70.0 Å². The first kappa shape index (κ1) is 16.6. The lowest BCUT2D eigenvalue weighted by molar-refractivity contribution is 0.0714. The van der Waals surface area contributed by atoms with E-state index >= 15 is 0 Å². The van der Waals surface area contributed by atoms with Gasteiger partial charge in [-0.1, -0.05) is 18.2 Å². The number of hydrogen-bond acceptors (Lipinski definition) is 6. The fourth-order valence-electron chi connectivity index (χ4n) is 3.43. The van der Waals surface area contributed by atoms with Gasteiger partial charge in [-0.25, -0.2) is 4.98 Å². The van der Waals surface area contributed by atoms with Gasteiger partial charge in [-0.2, -0.15) is 0 Å². The zero-order valence-corrected chi connectivity index (χ0v) is 15.1. The van der Waals surface area contributed by atoms with Crippen LogP contribution in [0.3, 0.4) is 0 Å². The Hall–Kier alpha value is -3.61. The first-order chi connectivity index (χ1) is 13.8. The Bertz CT molecular complexity index is 1080. The van der Waals surface area contributed by atoms with Crippen molar-refractivity contribution < 1.29 is 13.6 Å². The standard InChI is InChI=1S/C21H18N4O3/c26-21(18-6-3-11-27-18)25-9-7-24(8-10-25)20-14-22-13-16(23-20)19-12-15-4-1-2-5-17(15)28-19/h1-6,11-14H,7-10H2. The third-order valence-electron chi connectivity index (χ3n) is 4.92. The Morgan fingerprint density at radius 1 is 1.00 bits per heavy atom. The number of carbonyl (C=O) groups excluding carboxylic acids is 1. The quantitative estimate of drug-likeness (QED) is 0.547. The molecule has 4 heterocycles. The first-order valence-corrected chi connectivity index (χ1v) is 9.17. The molecule has 0 unspecified atom stereocenters. The fraction of sp³-hybridized carbons (Fsp3) is 0.190. The van der Waals surface area contributed by atoms with Crippen LogP contribution in [0.2, 0.25) is 0 Å². The fourth-order valence-corrected chi connectivity index (χ4v) is 3.43. The highest BCUT2D eigenvalue weighted by Crippen LogP contribution is 2.27. The van der Waals surface area contributed by atoms with Gasteiger partial charge in [0.05, 0.1) is 18.7 Å². The number of rotatable bonds is 3. The molecule has 1 fully saturated rings. The summed E-state index contributed by atoms with van der Waals surface area (Å²) in [5, 5.41) is 1.04. The molecule has 0 radical (unpaired) electrons. The van der Waals surface area contributed by atoms with Crippen LogP contribution in [0, 0.1) is 0 Å². The minimum absolute atomic E-state index is 0.0771. The van der Waals surface area contributed by atoms with Crippen molar-refractivity contribution in [1.29, 1.82) is 0 Å². The molecule has 1 aromatic carbocycles. The summed E-state index contributed by atoms with van der Waals surface area (Å²) in [5.41, 5.74) is 1.53. The average Bonchev–Trinajstić information content (AvgIpc) is 3.43. The highest BCUT2D eigenvalue weighted by atomic mass is 16.3. The van der Waals surface area contributed by atoms with Crippen LogP contribution in [-0.4, -0.2) is 47.0 Å². The number of anilines is 1. The summed E-state index contributed by atoms with van der Waals surface area (Å²) in [4.78, 5) is 25.4.